The van der Waals surface area contributed by atoms with Gasteiger partial charge in [0.2, 0.25) is 11.8 Å². The van der Waals surface area contributed by atoms with Crippen molar-refractivity contribution in [2.24, 2.45) is 5.41 Å². The zero-order valence-corrected chi connectivity index (χ0v) is 12.2. The van der Waals surface area contributed by atoms with E-state index in [1.165, 1.54) is 0 Å². The van der Waals surface area contributed by atoms with E-state index in [4.69, 9.17) is 4.74 Å². The van der Waals surface area contributed by atoms with Crippen molar-refractivity contribution in [1.82, 2.24) is 10.3 Å². The SMILES string of the molecule is CCCC1(C(=O)Nc2cccnc2OCC)CCNC1. The van der Waals surface area contributed by atoms with Crippen LogP contribution in [0.4, 0.5) is 5.69 Å². The fraction of sp³-hybridized carbons (Fsp3) is 0.600. The summed E-state index contributed by atoms with van der Waals surface area (Å²) in [5.74, 6) is 0.555. The molecular weight excluding hydrogens is 254 g/mol. The topological polar surface area (TPSA) is 63.2 Å². The van der Waals surface area contributed by atoms with Gasteiger partial charge in [-0.25, -0.2) is 4.98 Å². The zero-order valence-electron chi connectivity index (χ0n) is 12.2. The molecule has 0 spiro atoms. The minimum absolute atomic E-state index is 0.0679. The normalized spacial score (nSPS) is 21.7. The first kappa shape index (κ1) is 14.8. The van der Waals surface area contributed by atoms with Crippen LogP contribution >= 0.6 is 0 Å². The maximum atomic E-state index is 12.6. The van der Waals surface area contributed by atoms with E-state index in [1.807, 2.05) is 13.0 Å². The average Bonchev–Trinajstić information content (AvgIpc) is 2.91. The number of rotatable bonds is 6. The third kappa shape index (κ3) is 3.10. The first-order valence-electron chi connectivity index (χ1n) is 7.32. The maximum Gasteiger partial charge on any atom is 0.237 e. The van der Waals surface area contributed by atoms with Crippen LogP contribution in [0.15, 0.2) is 18.3 Å². The van der Waals surface area contributed by atoms with Crippen LogP contribution in [-0.2, 0) is 4.79 Å². The Morgan fingerprint density at radius 3 is 3.05 bits per heavy atom. The molecule has 0 aromatic carbocycles. The van der Waals surface area contributed by atoms with Crippen LogP contribution in [0, 0.1) is 5.41 Å². The van der Waals surface area contributed by atoms with E-state index in [9.17, 15) is 4.79 Å². The van der Waals surface area contributed by atoms with Crippen molar-refractivity contribution in [3.05, 3.63) is 18.3 Å². The molecule has 5 heteroatoms. The van der Waals surface area contributed by atoms with Crippen LogP contribution in [0.25, 0.3) is 0 Å². The summed E-state index contributed by atoms with van der Waals surface area (Å²) in [4.78, 5) is 16.8. The number of pyridine rings is 1. The summed E-state index contributed by atoms with van der Waals surface area (Å²) in [5, 5.41) is 6.29. The van der Waals surface area contributed by atoms with Crippen LogP contribution in [0.3, 0.4) is 0 Å². The van der Waals surface area contributed by atoms with E-state index in [2.05, 4.69) is 22.5 Å². The molecule has 1 aliphatic heterocycles. The lowest BCUT2D eigenvalue weighted by Crippen LogP contribution is -2.38. The van der Waals surface area contributed by atoms with Crippen molar-refractivity contribution in [2.45, 2.75) is 33.1 Å². The molecule has 1 fully saturated rings. The van der Waals surface area contributed by atoms with Gasteiger partial charge in [-0.3, -0.25) is 4.79 Å². The number of anilines is 1. The Labute approximate surface area is 120 Å². The fourth-order valence-electron chi connectivity index (χ4n) is 2.74. The van der Waals surface area contributed by atoms with E-state index in [0.717, 1.165) is 32.4 Å². The predicted octanol–water partition coefficient (Wildman–Crippen LogP) is 2.20. The monoisotopic (exact) mass is 277 g/mol. The van der Waals surface area contributed by atoms with Crippen molar-refractivity contribution in [1.29, 1.82) is 0 Å². The van der Waals surface area contributed by atoms with Gasteiger partial charge in [-0.2, -0.15) is 0 Å². The van der Waals surface area contributed by atoms with E-state index < -0.39 is 0 Å². The molecule has 1 saturated heterocycles. The second-order valence-corrected chi connectivity index (χ2v) is 5.20. The summed E-state index contributed by atoms with van der Waals surface area (Å²) in [6, 6.07) is 3.63. The first-order chi connectivity index (χ1) is 9.72. The number of carbonyl (C=O) groups excluding carboxylic acids is 1. The van der Waals surface area contributed by atoms with Gasteiger partial charge in [0, 0.05) is 12.7 Å². The van der Waals surface area contributed by atoms with Crippen molar-refractivity contribution in [3.63, 3.8) is 0 Å². The molecule has 2 heterocycles. The molecule has 0 aliphatic carbocycles. The lowest BCUT2D eigenvalue weighted by atomic mass is 9.81. The number of amides is 1. The minimum atomic E-state index is -0.298. The molecule has 1 amide bonds. The highest BCUT2D eigenvalue weighted by Crippen LogP contribution is 2.33. The number of nitrogens with zero attached hydrogens (tertiary/aromatic N) is 1. The van der Waals surface area contributed by atoms with Gasteiger partial charge < -0.3 is 15.4 Å². The molecule has 2 rings (SSSR count). The maximum absolute atomic E-state index is 12.6. The number of ether oxygens (including phenoxy) is 1. The summed E-state index contributed by atoms with van der Waals surface area (Å²) >= 11 is 0. The van der Waals surface area contributed by atoms with Gasteiger partial charge in [0.05, 0.1) is 12.0 Å². The van der Waals surface area contributed by atoms with E-state index >= 15 is 0 Å². The van der Waals surface area contributed by atoms with Gasteiger partial charge >= 0.3 is 0 Å². The molecule has 1 aromatic rings. The Morgan fingerprint density at radius 2 is 2.40 bits per heavy atom. The summed E-state index contributed by atoms with van der Waals surface area (Å²) in [7, 11) is 0. The Kier molecular flexibility index (Phi) is 4.95. The molecule has 1 unspecified atom stereocenters. The van der Waals surface area contributed by atoms with E-state index in [1.54, 1.807) is 12.3 Å². The first-order valence-corrected chi connectivity index (χ1v) is 7.32. The lowest BCUT2D eigenvalue weighted by molar-refractivity contribution is -0.125. The van der Waals surface area contributed by atoms with E-state index in [0.29, 0.717) is 18.2 Å². The second-order valence-electron chi connectivity index (χ2n) is 5.20. The van der Waals surface area contributed by atoms with Gasteiger partial charge in [-0.1, -0.05) is 13.3 Å². The van der Waals surface area contributed by atoms with Crippen molar-refractivity contribution >= 4 is 11.6 Å². The zero-order chi connectivity index (χ0) is 14.4. The molecule has 0 saturated carbocycles. The van der Waals surface area contributed by atoms with Gasteiger partial charge in [0.15, 0.2) is 0 Å². The van der Waals surface area contributed by atoms with Crippen LogP contribution in [-0.4, -0.2) is 30.6 Å². The standard InChI is InChI=1S/C15H23N3O2/c1-3-7-15(8-10-16-11-15)14(19)18-12-6-5-9-17-13(12)20-4-2/h5-6,9,16H,3-4,7-8,10-11H2,1-2H3,(H,18,19). The van der Waals surface area contributed by atoms with Crippen LogP contribution < -0.4 is 15.4 Å². The Bertz CT molecular complexity index is 456. The van der Waals surface area contributed by atoms with Crippen LogP contribution in [0.1, 0.15) is 33.1 Å². The molecule has 1 atom stereocenters. The van der Waals surface area contributed by atoms with Gasteiger partial charge in [0.25, 0.3) is 0 Å². The highest BCUT2D eigenvalue weighted by Gasteiger charge is 2.40. The Morgan fingerprint density at radius 1 is 1.55 bits per heavy atom. The summed E-state index contributed by atoms with van der Waals surface area (Å²) in [6.45, 7) is 6.19. The van der Waals surface area contributed by atoms with Crippen molar-refractivity contribution in [2.75, 3.05) is 25.0 Å². The smallest absolute Gasteiger partial charge is 0.237 e. The Hall–Kier alpha value is -1.62. The molecule has 1 aliphatic rings. The molecule has 2 N–H and O–H groups in total. The lowest BCUT2D eigenvalue weighted by Gasteiger charge is -2.26. The third-order valence-electron chi connectivity index (χ3n) is 3.75. The summed E-state index contributed by atoms with van der Waals surface area (Å²) in [6.07, 6.45) is 4.45. The molecule has 20 heavy (non-hydrogen) atoms. The van der Waals surface area contributed by atoms with Gasteiger partial charge in [0.1, 0.15) is 5.69 Å². The molecule has 110 valence electrons. The molecular formula is C15H23N3O2. The largest absolute Gasteiger partial charge is 0.476 e. The molecule has 5 nitrogen and oxygen atoms in total. The summed E-state index contributed by atoms with van der Waals surface area (Å²) < 4.78 is 5.45. The fourth-order valence-corrected chi connectivity index (χ4v) is 2.74. The molecule has 0 radical (unpaired) electrons. The highest BCUT2D eigenvalue weighted by molar-refractivity contribution is 5.96. The van der Waals surface area contributed by atoms with Crippen molar-refractivity contribution in [3.8, 4) is 5.88 Å². The molecule has 1 aromatic heterocycles. The Balaban J connectivity index is 2.14. The highest BCUT2D eigenvalue weighted by atomic mass is 16.5. The predicted molar refractivity (Wildman–Crippen MR) is 78.9 cm³/mol. The second kappa shape index (κ2) is 6.70. The van der Waals surface area contributed by atoms with Crippen molar-refractivity contribution < 1.29 is 9.53 Å². The van der Waals surface area contributed by atoms with E-state index in [-0.39, 0.29) is 11.3 Å². The third-order valence-corrected chi connectivity index (χ3v) is 3.75. The average molecular weight is 277 g/mol. The van der Waals surface area contributed by atoms with Gasteiger partial charge in [-0.05, 0) is 38.4 Å². The number of hydrogen-bond donors (Lipinski definition) is 2. The number of nitrogens with one attached hydrogen (secondary N) is 2. The number of carbonyl (C=O) groups is 1. The minimum Gasteiger partial charge on any atom is -0.476 e. The number of hydrogen-bond acceptors (Lipinski definition) is 4. The summed E-state index contributed by atoms with van der Waals surface area (Å²) in [5.41, 5.74) is 0.357. The number of aromatic nitrogens is 1. The molecule has 0 bridgehead atoms. The van der Waals surface area contributed by atoms with Gasteiger partial charge in [-0.15, -0.1) is 0 Å². The quantitative estimate of drug-likeness (QED) is 0.836. The van der Waals surface area contributed by atoms with Crippen LogP contribution in [0.2, 0.25) is 0 Å². The van der Waals surface area contributed by atoms with Crippen LogP contribution in [0.5, 0.6) is 5.88 Å².